The second-order valence-electron chi connectivity index (χ2n) is 16.1. The van der Waals surface area contributed by atoms with Crippen LogP contribution in [0.4, 0.5) is 0 Å². The fraction of sp³-hybridized carbons (Fsp3) is 0.816. The highest BCUT2D eigenvalue weighted by molar-refractivity contribution is 7.47. The summed E-state index contributed by atoms with van der Waals surface area (Å²) in [6, 6.07) is 0. The molecule has 0 fully saturated rings. The van der Waals surface area contributed by atoms with Crippen molar-refractivity contribution in [2.45, 2.75) is 225 Å². The molecular formula is C49H91O9P. The summed E-state index contributed by atoms with van der Waals surface area (Å²) in [5, 5.41) is 18.4. The predicted molar refractivity (Wildman–Crippen MR) is 247 cm³/mol. The minimum Gasteiger partial charge on any atom is -0.457 e. The van der Waals surface area contributed by atoms with Gasteiger partial charge in [0.15, 0.2) is 0 Å². The van der Waals surface area contributed by atoms with Crippen LogP contribution in [0.3, 0.4) is 0 Å². The van der Waals surface area contributed by atoms with Gasteiger partial charge in [0.1, 0.15) is 12.2 Å². The Morgan fingerprint density at radius 3 is 1.39 bits per heavy atom. The third-order valence-corrected chi connectivity index (χ3v) is 11.2. The zero-order chi connectivity index (χ0) is 43.2. The van der Waals surface area contributed by atoms with Crippen LogP contribution in [0.2, 0.25) is 0 Å². The van der Waals surface area contributed by atoms with Crippen molar-refractivity contribution >= 4 is 13.8 Å². The quantitative estimate of drug-likeness (QED) is 0.0237. The van der Waals surface area contributed by atoms with Crippen molar-refractivity contribution < 1.29 is 43.0 Å². The molecule has 0 saturated carbocycles. The van der Waals surface area contributed by atoms with E-state index in [0.29, 0.717) is 13.0 Å². The van der Waals surface area contributed by atoms with Crippen LogP contribution in [0.15, 0.2) is 48.6 Å². The molecule has 0 aromatic rings. The summed E-state index contributed by atoms with van der Waals surface area (Å²) in [7, 11) is -4.53. The fourth-order valence-electron chi connectivity index (χ4n) is 6.53. The molecule has 0 bridgehead atoms. The first kappa shape index (κ1) is 57.4. The lowest BCUT2D eigenvalue weighted by Crippen LogP contribution is -2.29. The Labute approximate surface area is 362 Å². The van der Waals surface area contributed by atoms with Crippen LogP contribution in [-0.2, 0) is 27.9 Å². The summed E-state index contributed by atoms with van der Waals surface area (Å²) < 4.78 is 33.4. The van der Waals surface area contributed by atoms with Crippen LogP contribution >= 0.6 is 7.82 Å². The lowest BCUT2D eigenvalue weighted by Gasteiger charge is -2.20. The second kappa shape index (κ2) is 45.9. The van der Waals surface area contributed by atoms with Gasteiger partial charge in [-0.25, -0.2) is 4.57 Å². The third kappa shape index (κ3) is 45.8. The maximum absolute atomic E-state index is 12.6. The Hall–Kier alpha value is -1.58. The molecule has 0 heterocycles. The van der Waals surface area contributed by atoms with Gasteiger partial charge in [-0.15, -0.1) is 0 Å². The molecule has 0 aromatic carbocycles. The molecule has 0 saturated heterocycles. The van der Waals surface area contributed by atoms with Gasteiger partial charge in [0, 0.05) is 13.0 Å². The standard InChI is InChI=1S/C49H91O9P/c1-3-5-7-9-11-13-15-17-19-21-22-23-24-25-26-28-30-32-34-36-38-40-42-55-45-48(46-57-59(53,54)56-44-47(51)43-50)58-49(52)41-39-37-35-33-31-29-27-20-18-16-14-12-10-8-6-4-2/h15,17,20-22,24-25,27,47-48,50-51H,3-14,16,18-19,23,26,28-46H2,1-2H3,(H,53,54)/b17-15-,22-21-,25-24-,27-20-. The van der Waals surface area contributed by atoms with Crippen LogP contribution in [0.25, 0.3) is 0 Å². The normalized spacial score (nSPS) is 14.3. The Morgan fingerprint density at radius 2 is 0.915 bits per heavy atom. The van der Waals surface area contributed by atoms with Crippen molar-refractivity contribution in [2.75, 3.05) is 33.0 Å². The van der Waals surface area contributed by atoms with Gasteiger partial charge in [0.25, 0.3) is 0 Å². The van der Waals surface area contributed by atoms with Crippen LogP contribution in [0, 0.1) is 0 Å². The van der Waals surface area contributed by atoms with E-state index in [1.54, 1.807) is 0 Å². The highest BCUT2D eigenvalue weighted by Gasteiger charge is 2.26. The minimum atomic E-state index is -4.53. The number of allylic oxidation sites excluding steroid dienone is 8. The summed E-state index contributed by atoms with van der Waals surface area (Å²) in [5.74, 6) is -0.394. The molecule has 0 aliphatic heterocycles. The lowest BCUT2D eigenvalue weighted by molar-refractivity contribution is -0.154. The van der Waals surface area contributed by atoms with E-state index in [4.69, 9.17) is 23.6 Å². The van der Waals surface area contributed by atoms with Crippen molar-refractivity contribution in [3.05, 3.63) is 48.6 Å². The van der Waals surface area contributed by atoms with E-state index in [1.807, 2.05) is 0 Å². The van der Waals surface area contributed by atoms with E-state index in [1.165, 1.54) is 116 Å². The Morgan fingerprint density at radius 1 is 0.525 bits per heavy atom. The van der Waals surface area contributed by atoms with Gasteiger partial charge >= 0.3 is 13.8 Å². The number of phosphoric acid groups is 1. The van der Waals surface area contributed by atoms with Gasteiger partial charge in [0.05, 0.1) is 26.4 Å². The smallest absolute Gasteiger partial charge is 0.457 e. The van der Waals surface area contributed by atoms with Crippen LogP contribution in [0.1, 0.15) is 213 Å². The molecule has 10 heteroatoms. The van der Waals surface area contributed by atoms with Gasteiger partial charge in [-0.2, -0.15) is 0 Å². The van der Waals surface area contributed by atoms with Crippen LogP contribution in [0.5, 0.6) is 0 Å². The lowest BCUT2D eigenvalue weighted by atomic mass is 10.1. The first-order valence-electron chi connectivity index (χ1n) is 24.1. The molecule has 0 aliphatic carbocycles. The molecule has 346 valence electrons. The number of hydrogen-bond acceptors (Lipinski definition) is 8. The van der Waals surface area contributed by atoms with E-state index >= 15 is 0 Å². The Kier molecular flexibility index (Phi) is 44.7. The third-order valence-electron chi connectivity index (χ3n) is 10.2. The Bertz CT molecular complexity index is 1060. The van der Waals surface area contributed by atoms with Gasteiger partial charge in [-0.05, 0) is 77.0 Å². The number of unbranched alkanes of at least 4 members (excludes halogenated alkanes) is 24. The summed E-state index contributed by atoms with van der Waals surface area (Å²) in [6.07, 6.45) is 52.1. The molecular weight excluding hydrogens is 764 g/mol. The molecule has 0 rings (SSSR count). The van der Waals surface area contributed by atoms with Crippen molar-refractivity contribution in [3.8, 4) is 0 Å². The number of hydrogen-bond donors (Lipinski definition) is 3. The van der Waals surface area contributed by atoms with Crippen LogP contribution < -0.4 is 0 Å². The molecule has 59 heavy (non-hydrogen) atoms. The number of rotatable bonds is 46. The van der Waals surface area contributed by atoms with E-state index in [2.05, 4.69) is 62.5 Å². The first-order valence-corrected chi connectivity index (χ1v) is 25.6. The average Bonchev–Trinajstić information content (AvgIpc) is 3.23. The predicted octanol–water partition coefficient (Wildman–Crippen LogP) is 13.8. The SMILES string of the molecule is CCCCCCC/C=C\C/C=C\C/C=C\CCCCCCCCCOCC(COP(=O)(O)OCC(O)CO)OC(=O)CCCCCCC/C=C\CCCCCCCCC. The van der Waals surface area contributed by atoms with E-state index < -0.39 is 39.2 Å². The number of phosphoric ester groups is 1. The zero-order valence-corrected chi connectivity index (χ0v) is 38.9. The number of aliphatic hydroxyl groups is 2. The molecule has 9 nitrogen and oxygen atoms in total. The summed E-state index contributed by atoms with van der Waals surface area (Å²) >= 11 is 0. The molecule has 0 spiro atoms. The molecule has 0 aliphatic rings. The molecule has 0 radical (unpaired) electrons. The minimum absolute atomic E-state index is 0.0388. The largest absolute Gasteiger partial charge is 0.472 e. The van der Waals surface area contributed by atoms with Crippen molar-refractivity contribution in [1.29, 1.82) is 0 Å². The average molecular weight is 855 g/mol. The van der Waals surface area contributed by atoms with Crippen molar-refractivity contribution in [1.82, 2.24) is 0 Å². The molecule has 3 unspecified atom stereocenters. The highest BCUT2D eigenvalue weighted by Crippen LogP contribution is 2.43. The highest BCUT2D eigenvalue weighted by atomic mass is 31.2. The summed E-state index contributed by atoms with van der Waals surface area (Å²) in [4.78, 5) is 22.6. The number of esters is 1. The topological polar surface area (TPSA) is 132 Å². The van der Waals surface area contributed by atoms with Crippen molar-refractivity contribution in [2.24, 2.45) is 0 Å². The zero-order valence-electron chi connectivity index (χ0n) is 38.0. The molecule has 0 amide bonds. The number of aliphatic hydroxyl groups excluding tert-OH is 2. The monoisotopic (exact) mass is 855 g/mol. The number of carbonyl (C=O) groups is 1. The maximum Gasteiger partial charge on any atom is 0.472 e. The van der Waals surface area contributed by atoms with Gasteiger partial charge < -0.3 is 24.6 Å². The van der Waals surface area contributed by atoms with Gasteiger partial charge in [-0.3, -0.25) is 13.8 Å². The molecule has 3 N–H and O–H groups in total. The van der Waals surface area contributed by atoms with E-state index in [9.17, 15) is 19.4 Å². The van der Waals surface area contributed by atoms with Gasteiger partial charge in [-0.1, -0.05) is 178 Å². The van der Waals surface area contributed by atoms with Crippen molar-refractivity contribution in [3.63, 3.8) is 0 Å². The maximum atomic E-state index is 12.6. The fourth-order valence-corrected chi connectivity index (χ4v) is 7.32. The first-order chi connectivity index (χ1) is 28.8. The van der Waals surface area contributed by atoms with E-state index in [0.717, 1.165) is 70.6 Å². The van der Waals surface area contributed by atoms with E-state index in [-0.39, 0.29) is 19.6 Å². The summed E-state index contributed by atoms with van der Waals surface area (Å²) in [5.41, 5.74) is 0. The van der Waals surface area contributed by atoms with Crippen LogP contribution in [-0.4, -0.2) is 66.3 Å². The van der Waals surface area contributed by atoms with Gasteiger partial charge in [0.2, 0.25) is 0 Å². The number of ether oxygens (including phenoxy) is 2. The molecule has 3 atom stereocenters. The number of carbonyl (C=O) groups excluding carboxylic acids is 1. The Balaban J connectivity index is 4.14. The summed E-state index contributed by atoms with van der Waals surface area (Å²) in [6.45, 7) is 3.48. The molecule has 0 aromatic heterocycles. The second-order valence-corrected chi connectivity index (χ2v) is 17.6.